The predicted molar refractivity (Wildman–Crippen MR) is 85.9 cm³/mol. The van der Waals surface area contributed by atoms with Crippen LogP contribution >= 0.6 is 11.6 Å². The van der Waals surface area contributed by atoms with Crippen LogP contribution in [0.4, 0.5) is 0 Å². The van der Waals surface area contributed by atoms with Crippen molar-refractivity contribution in [2.45, 2.75) is 25.4 Å². The lowest BCUT2D eigenvalue weighted by atomic mass is 10.1. The Morgan fingerprint density at radius 2 is 2.33 bits per heavy atom. The second-order valence-corrected chi connectivity index (χ2v) is 6.17. The molecule has 1 aromatic carbocycles. The van der Waals surface area contributed by atoms with Crippen LogP contribution in [-0.4, -0.2) is 54.1 Å². The van der Waals surface area contributed by atoms with Gasteiger partial charge in [-0.15, -0.1) is 0 Å². The largest absolute Gasteiger partial charge is 0.409 e. The van der Waals surface area contributed by atoms with Crippen LogP contribution < -0.4 is 5.73 Å². The fourth-order valence-corrected chi connectivity index (χ4v) is 3.06. The van der Waals surface area contributed by atoms with E-state index >= 15 is 0 Å². The highest BCUT2D eigenvalue weighted by Crippen LogP contribution is 2.21. The lowest BCUT2D eigenvalue weighted by Crippen LogP contribution is -2.36. The number of halogens is 1. The van der Waals surface area contributed by atoms with Crippen LogP contribution in [0.3, 0.4) is 0 Å². The average Bonchev–Trinajstić information content (AvgIpc) is 2.85. The van der Waals surface area contributed by atoms with Gasteiger partial charge in [-0.05, 0) is 45.1 Å². The van der Waals surface area contributed by atoms with Gasteiger partial charge in [-0.1, -0.05) is 28.9 Å². The van der Waals surface area contributed by atoms with E-state index in [9.17, 15) is 0 Å². The molecule has 0 saturated carbocycles. The maximum Gasteiger partial charge on any atom is 0.170 e. The van der Waals surface area contributed by atoms with Crippen LogP contribution in [0.25, 0.3) is 0 Å². The minimum atomic E-state index is 0.0735. The molecule has 0 aromatic heterocycles. The highest BCUT2D eigenvalue weighted by atomic mass is 35.5. The van der Waals surface area contributed by atoms with E-state index in [-0.39, 0.29) is 5.84 Å². The highest BCUT2D eigenvalue weighted by Gasteiger charge is 2.22. The Morgan fingerprint density at radius 1 is 1.57 bits per heavy atom. The lowest BCUT2D eigenvalue weighted by Gasteiger charge is -2.26. The van der Waals surface area contributed by atoms with Crippen LogP contribution in [0.1, 0.15) is 24.0 Å². The van der Waals surface area contributed by atoms with Crippen molar-refractivity contribution in [3.63, 3.8) is 0 Å². The molecule has 3 N–H and O–H groups in total. The van der Waals surface area contributed by atoms with E-state index in [1.165, 1.54) is 19.4 Å². The summed E-state index contributed by atoms with van der Waals surface area (Å²) in [5.41, 5.74) is 7.24. The Balaban J connectivity index is 1.99. The average molecular weight is 311 g/mol. The first-order valence-corrected chi connectivity index (χ1v) is 7.54. The molecule has 1 aliphatic rings. The molecule has 1 saturated heterocycles. The molecule has 1 aromatic rings. The standard InChI is InChI=1S/C15H23ClN4O/c1-19(10-13-4-3-7-20(13)2)9-12-6-5-11(8-14(12)16)15(17)18-21/h5-6,8,13,21H,3-4,7,9-10H2,1-2H3,(H2,17,18). The van der Waals surface area contributed by atoms with Gasteiger partial charge < -0.3 is 20.7 Å². The van der Waals surface area contributed by atoms with E-state index in [0.29, 0.717) is 16.6 Å². The first kappa shape index (κ1) is 16.1. The Labute approximate surface area is 131 Å². The molecule has 1 aliphatic heterocycles. The first-order valence-electron chi connectivity index (χ1n) is 7.16. The van der Waals surface area contributed by atoms with Gasteiger partial charge in [-0.2, -0.15) is 0 Å². The number of hydrogen-bond acceptors (Lipinski definition) is 4. The van der Waals surface area contributed by atoms with Crippen molar-refractivity contribution in [2.24, 2.45) is 10.9 Å². The minimum absolute atomic E-state index is 0.0735. The summed E-state index contributed by atoms with van der Waals surface area (Å²) in [6.07, 6.45) is 2.54. The molecule has 5 nitrogen and oxygen atoms in total. The Morgan fingerprint density at radius 3 is 2.90 bits per heavy atom. The fourth-order valence-electron chi connectivity index (χ4n) is 2.82. The van der Waals surface area contributed by atoms with Gasteiger partial charge in [0.2, 0.25) is 0 Å². The fraction of sp³-hybridized carbons (Fsp3) is 0.533. The number of benzene rings is 1. The van der Waals surface area contributed by atoms with Crippen molar-refractivity contribution in [3.8, 4) is 0 Å². The summed E-state index contributed by atoms with van der Waals surface area (Å²) in [6.45, 7) is 3.02. The number of rotatable bonds is 5. The summed E-state index contributed by atoms with van der Waals surface area (Å²) < 4.78 is 0. The number of amidine groups is 1. The van der Waals surface area contributed by atoms with Gasteiger partial charge in [0.1, 0.15) is 0 Å². The number of oxime groups is 1. The molecule has 0 aliphatic carbocycles. The molecule has 0 radical (unpaired) electrons. The maximum atomic E-state index is 8.68. The molecule has 0 spiro atoms. The van der Waals surface area contributed by atoms with E-state index in [4.69, 9.17) is 22.5 Å². The Bertz CT molecular complexity index is 520. The molecule has 6 heteroatoms. The van der Waals surface area contributed by atoms with Crippen molar-refractivity contribution >= 4 is 17.4 Å². The summed E-state index contributed by atoms with van der Waals surface area (Å²) in [7, 11) is 4.30. The number of nitrogens with two attached hydrogens (primary N) is 1. The third-order valence-corrected chi connectivity index (χ3v) is 4.44. The third-order valence-electron chi connectivity index (χ3n) is 4.09. The van der Waals surface area contributed by atoms with Crippen LogP contribution in [0.15, 0.2) is 23.4 Å². The van der Waals surface area contributed by atoms with Gasteiger partial charge in [0.15, 0.2) is 5.84 Å². The van der Waals surface area contributed by atoms with Crippen molar-refractivity contribution in [2.75, 3.05) is 27.2 Å². The summed E-state index contributed by atoms with van der Waals surface area (Å²) in [6, 6.07) is 6.13. The molecule has 21 heavy (non-hydrogen) atoms. The quantitative estimate of drug-likeness (QED) is 0.378. The summed E-state index contributed by atoms with van der Waals surface area (Å²) in [4.78, 5) is 4.70. The smallest absolute Gasteiger partial charge is 0.170 e. The normalized spacial score (nSPS) is 20.4. The van der Waals surface area contributed by atoms with Crippen LogP contribution in [0, 0.1) is 0 Å². The van der Waals surface area contributed by atoms with Gasteiger partial charge >= 0.3 is 0 Å². The van der Waals surface area contributed by atoms with Gasteiger partial charge in [-0.25, -0.2) is 0 Å². The maximum absolute atomic E-state index is 8.68. The van der Waals surface area contributed by atoms with Crippen molar-refractivity contribution < 1.29 is 5.21 Å². The highest BCUT2D eigenvalue weighted by molar-refractivity contribution is 6.31. The molecule has 1 heterocycles. The second kappa shape index (κ2) is 7.11. The topological polar surface area (TPSA) is 65.1 Å². The third kappa shape index (κ3) is 4.09. The zero-order chi connectivity index (χ0) is 15.4. The molecular weight excluding hydrogens is 288 g/mol. The van der Waals surface area contributed by atoms with Crippen molar-refractivity contribution in [1.29, 1.82) is 0 Å². The Hall–Kier alpha value is -1.30. The second-order valence-electron chi connectivity index (χ2n) is 5.76. The van der Waals surface area contributed by atoms with E-state index < -0.39 is 0 Å². The van der Waals surface area contributed by atoms with E-state index in [1.807, 2.05) is 12.1 Å². The van der Waals surface area contributed by atoms with E-state index in [1.54, 1.807) is 6.07 Å². The molecule has 1 unspecified atom stereocenters. The molecule has 1 fully saturated rings. The van der Waals surface area contributed by atoms with Crippen LogP contribution in [-0.2, 0) is 6.54 Å². The number of hydrogen-bond donors (Lipinski definition) is 2. The molecular formula is C15H23ClN4O. The molecule has 116 valence electrons. The zero-order valence-electron chi connectivity index (χ0n) is 12.6. The summed E-state index contributed by atoms with van der Waals surface area (Å²) in [5.74, 6) is 0.0735. The van der Waals surface area contributed by atoms with Crippen LogP contribution in [0.2, 0.25) is 5.02 Å². The van der Waals surface area contributed by atoms with Gasteiger partial charge in [-0.3, -0.25) is 0 Å². The SMILES string of the molecule is CN(Cc1ccc(/C(N)=N/O)cc1Cl)CC1CCCN1C. The molecule has 0 amide bonds. The number of likely N-dealkylation sites (N-methyl/N-ethyl adjacent to an activating group) is 2. The zero-order valence-corrected chi connectivity index (χ0v) is 13.3. The molecule has 0 bridgehead atoms. The summed E-state index contributed by atoms with van der Waals surface area (Å²) >= 11 is 6.29. The van der Waals surface area contributed by atoms with Gasteiger partial charge in [0.25, 0.3) is 0 Å². The van der Waals surface area contributed by atoms with Crippen LogP contribution in [0.5, 0.6) is 0 Å². The number of nitrogens with zero attached hydrogens (tertiary/aromatic N) is 3. The predicted octanol–water partition coefficient (Wildman–Crippen LogP) is 1.96. The molecule has 1 atom stereocenters. The van der Waals surface area contributed by atoms with Crippen molar-refractivity contribution in [3.05, 3.63) is 34.3 Å². The molecule has 2 rings (SSSR count). The van der Waals surface area contributed by atoms with Gasteiger partial charge in [0.05, 0.1) is 0 Å². The number of likely N-dealkylation sites (tertiary alicyclic amines) is 1. The van der Waals surface area contributed by atoms with E-state index in [2.05, 4.69) is 29.1 Å². The first-order chi connectivity index (χ1) is 10.0. The Kier molecular flexibility index (Phi) is 5.45. The van der Waals surface area contributed by atoms with Gasteiger partial charge in [0, 0.05) is 29.7 Å². The van der Waals surface area contributed by atoms with E-state index in [0.717, 1.165) is 18.7 Å². The van der Waals surface area contributed by atoms with Crippen molar-refractivity contribution in [1.82, 2.24) is 9.80 Å². The summed E-state index contributed by atoms with van der Waals surface area (Å²) in [5, 5.41) is 12.3. The monoisotopic (exact) mass is 310 g/mol. The lowest BCUT2D eigenvalue weighted by molar-refractivity contribution is 0.215. The minimum Gasteiger partial charge on any atom is -0.409 e.